The summed E-state index contributed by atoms with van der Waals surface area (Å²) in [5.41, 5.74) is 3.71. The molecule has 3 aromatic rings. The number of hydrogen-bond donors (Lipinski definition) is 0. The van der Waals surface area contributed by atoms with Crippen LogP contribution in [-0.4, -0.2) is 16.3 Å². The van der Waals surface area contributed by atoms with E-state index in [9.17, 15) is 4.79 Å². The summed E-state index contributed by atoms with van der Waals surface area (Å²) in [6, 6.07) is 20.3. The van der Waals surface area contributed by atoms with Gasteiger partial charge in [-0.05, 0) is 77.1 Å². The third-order valence-electron chi connectivity index (χ3n) is 3.76. The molecule has 0 saturated carbocycles. The molecule has 0 unspecified atom stereocenters. The predicted molar refractivity (Wildman–Crippen MR) is 122 cm³/mol. The van der Waals surface area contributed by atoms with E-state index in [1.54, 1.807) is 4.57 Å². The molecule has 0 saturated heterocycles. The minimum absolute atomic E-state index is 0.356. The van der Waals surface area contributed by atoms with Gasteiger partial charge in [0.25, 0.3) is 0 Å². The Morgan fingerprint density at radius 1 is 0.808 bits per heavy atom. The van der Waals surface area contributed by atoms with Gasteiger partial charge in [-0.25, -0.2) is 9.36 Å². The number of halogens is 2. The predicted octanol–water partition coefficient (Wildman–Crippen LogP) is 6.81. The first-order valence-corrected chi connectivity index (χ1v) is 10.4. The van der Waals surface area contributed by atoms with Gasteiger partial charge in [-0.3, -0.25) is 0 Å². The molecule has 0 spiro atoms. The van der Waals surface area contributed by atoms with Crippen molar-refractivity contribution in [2.45, 2.75) is 26.4 Å². The number of nitrogens with zero attached hydrogens (tertiary/aromatic N) is 1. The molecule has 0 amide bonds. The van der Waals surface area contributed by atoms with Crippen LogP contribution in [0.2, 0.25) is 0 Å². The average molecular weight is 571 g/mol. The summed E-state index contributed by atoms with van der Waals surface area (Å²) in [7, 11) is 0. The molecular weight excluding hydrogens is 552 g/mol. The van der Waals surface area contributed by atoms with Gasteiger partial charge in [0.05, 0.1) is 7.40 Å². The number of ether oxygens (including phenoxy) is 1. The molecule has 3 nitrogen and oxygen atoms in total. The zero-order valence-corrected chi connectivity index (χ0v) is 19.1. The van der Waals surface area contributed by atoms with Crippen LogP contribution in [0.5, 0.6) is 0 Å². The monoisotopic (exact) mass is 571 g/mol. The molecule has 0 bridgehead atoms. The lowest BCUT2D eigenvalue weighted by atomic mass is 9.99. The quantitative estimate of drug-likeness (QED) is 0.317. The Bertz CT molecular complexity index is 863. The van der Waals surface area contributed by atoms with Crippen LogP contribution in [0, 0.1) is 7.40 Å². The van der Waals surface area contributed by atoms with Crippen molar-refractivity contribution in [1.82, 2.24) is 4.57 Å². The molecular formula is C21H19I2NO2. The van der Waals surface area contributed by atoms with Crippen LogP contribution in [0.4, 0.5) is 4.79 Å². The first-order chi connectivity index (χ1) is 12.3. The van der Waals surface area contributed by atoms with E-state index in [0.29, 0.717) is 0 Å². The molecule has 1 aromatic heterocycles. The molecule has 0 aliphatic rings. The molecule has 3 rings (SSSR count). The zero-order chi connectivity index (χ0) is 18.9. The van der Waals surface area contributed by atoms with E-state index in [1.165, 1.54) is 0 Å². The summed E-state index contributed by atoms with van der Waals surface area (Å²) in [5, 5.41) is 0. The lowest BCUT2D eigenvalue weighted by Crippen LogP contribution is -2.28. The normalized spacial score (nSPS) is 11.4. The van der Waals surface area contributed by atoms with Crippen molar-refractivity contribution in [2.75, 3.05) is 0 Å². The topological polar surface area (TPSA) is 31.2 Å². The van der Waals surface area contributed by atoms with Gasteiger partial charge in [-0.2, -0.15) is 0 Å². The van der Waals surface area contributed by atoms with Gasteiger partial charge in [0.15, 0.2) is 0 Å². The van der Waals surface area contributed by atoms with Crippen molar-refractivity contribution >= 4 is 51.3 Å². The lowest BCUT2D eigenvalue weighted by molar-refractivity contribution is 0.0529. The number of carbonyl (C=O) groups excluding carboxylic acids is 1. The van der Waals surface area contributed by atoms with E-state index in [4.69, 9.17) is 4.74 Å². The number of benzene rings is 2. The molecule has 134 valence electrons. The summed E-state index contributed by atoms with van der Waals surface area (Å²) in [6.45, 7) is 5.64. The van der Waals surface area contributed by atoms with Crippen molar-refractivity contribution < 1.29 is 9.53 Å². The first-order valence-electron chi connectivity index (χ1n) is 8.23. The van der Waals surface area contributed by atoms with Crippen LogP contribution >= 0.6 is 45.2 Å². The highest BCUT2D eigenvalue weighted by atomic mass is 127. The van der Waals surface area contributed by atoms with Crippen molar-refractivity contribution in [3.63, 3.8) is 0 Å². The second-order valence-corrected chi connectivity index (χ2v) is 8.92. The fourth-order valence-corrected chi connectivity index (χ4v) is 5.22. The largest absolute Gasteiger partial charge is 0.443 e. The number of carbonyl (C=O) groups is 1. The average Bonchev–Trinajstić information content (AvgIpc) is 2.85. The third kappa shape index (κ3) is 3.98. The Morgan fingerprint density at radius 3 is 1.54 bits per heavy atom. The van der Waals surface area contributed by atoms with E-state index in [-0.39, 0.29) is 6.09 Å². The maximum atomic E-state index is 12.9. The van der Waals surface area contributed by atoms with Crippen molar-refractivity contribution in [1.29, 1.82) is 0 Å². The minimum Gasteiger partial charge on any atom is -0.443 e. The Kier molecular flexibility index (Phi) is 5.76. The fraction of sp³-hybridized carbons (Fsp3) is 0.190. The van der Waals surface area contributed by atoms with Gasteiger partial charge >= 0.3 is 6.09 Å². The highest BCUT2D eigenvalue weighted by Gasteiger charge is 2.28. The summed E-state index contributed by atoms with van der Waals surface area (Å²) < 4.78 is 9.01. The zero-order valence-electron chi connectivity index (χ0n) is 14.8. The maximum absolute atomic E-state index is 12.9. The van der Waals surface area contributed by atoms with Crippen molar-refractivity contribution in [2.24, 2.45) is 0 Å². The third-order valence-corrected chi connectivity index (χ3v) is 5.80. The Morgan fingerprint density at radius 2 is 1.19 bits per heavy atom. The molecule has 0 aliphatic carbocycles. The fourth-order valence-electron chi connectivity index (χ4n) is 2.72. The van der Waals surface area contributed by atoms with Crippen LogP contribution in [0.1, 0.15) is 20.8 Å². The molecule has 0 fully saturated rings. The maximum Gasteiger partial charge on any atom is 0.420 e. The smallest absolute Gasteiger partial charge is 0.420 e. The van der Waals surface area contributed by atoms with Gasteiger partial charge in [0.2, 0.25) is 0 Å². The summed E-state index contributed by atoms with van der Waals surface area (Å²) >= 11 is 4.48. The highest BCUT2D eigenvalue weighted by Crippen LogP contribution is 2.41. The Hall–Kier alpha value is -1.35. The van der Waals surface area contributed by atoms with Gasteiger partial charge < -0.3 is 4.74 Å². The van der Waals surface area contributed by atoms with Crippen LogP contribution in [0.25, 0.3) is 22.3 Å². The second kappa shape index (κ2) is 7.72. The molecule has 0 aliphatic heterocycles. The van der Waals surface area contributed by atoms with Gasteiger partial charge in [0.1, 0.15) is 5.60 Å². The van der Waals surface area contributed by atoms with E-state index in [2.05, 4.69) is 69.4 Å². The SMILES string of the molecule is CC(C)(C)OC(=O)n1c(I)c(-c2ccccc2)c(-c2ccccc2)c1I. The van der Waals surface area contributed by atoms with E-state index < -0.39 is 5.60 Å². The Balaban J connectivity index is 2.26. The number of rotatable bonds is 2. The van der Waals surface area contributed by atoms with Crippen LogP contribution in [0.15, 0.2) is 60.7 Å². The van der Waals surface area contributed by atoms with E-state index in [0.717, 1.165) is 29.7 Å². The van der Waals surface area contributed by atoms with Crippen LogP contribution in [-0.2, 0) is 4.74 Å². The van der Waals surface area contributed by atoms with Crippen molar-refractivity contribution in [3.05, 3.63) is 68.1 Å². The highest BCUT2D eigenvalue weighted by molar-refractivity contribution is 14.1. The molecule has 0 radical (unpaired) electrons. The molecule has 0 atom stereocenters. The minimum atomic E-state index is -0.548. The van der Waals surface area contributed by atoms with Crippen molar-refractivity contribution in [3.8, 4) is 22.3 Å². The van der Waals surface area contributed by atoms with E-state index in [1.807, 2.05) is 57.2 Å². The number of hydrogen-bond acceptors (Lipinski definition) is 2. The van der Waals surface area contributed by atoms with Gasteiger partial charge in [-0.1, -0.05) is 60.7 Å². The lowest BCUT2D eigenvalue weighted by Gasteiger charge is -2.20. The van der Waals surface area contributed by atoms with Crippen LogP contribution in [0.3, 0.4) is 0 Å². The second-order valence-electron chi connectivity index (χ2n) is 6.88. The summed E-state index contributed by atoms with van der Waals surface area (Å²) in [6.07, 6.45) is -0.356. The molecule has 2 aromatic carbocycles. The summed E-state index contributed by atoms with van der Waals surface area (Å²) in [4.78, 5) is 12.9. The van der Waals surface area contributed by atoms with Crippen LogP contribution < -0.4 is 0 Å². The molecule has 26 heavy (non-hydrogen) atoms. The van der Waals surface area contributed by atoms with Gasteiger partial charge in [0, 0.05) is 11.1 Å². The molecule has 5 heteroatoms. The van der Waals surface area contributed by atoms with Gasteiger partial charge in [-0.15, -0.1) is 0 Å². The molecule has 0 N–H and O–H groups in total. The first kappa shape index (κ1) is 19.4. The number of aromatic nitrogens is 1. The molecule has 1 heterocycles. The standard InChI is InChI=1S/C21H19I2NO2/c1-21(2,3)26-20(25)24-18(22)16(14-10-6-4-7-11-14)17(19(24)23)15-12-8-5-9-13-15/h4-13H,1-3H3. The van der Waals surface area contributed by atoms with E-state index >= 15 is 0 Å². The summed E-state index contributed by atoms with van der Waals surface area (Å²) in [5.74, 6) is 0. The Labute approximate surface area is 181 Å².